The number of carbonyl (C=O) groups is 1. The highest BCUT2D eigenvalue weighted by Gasteiger charge is 2.22. The Bertz CT molecular complexity index is 1300. The highest BCUT2D eigenvalue weighted by molar-refractivity contribution is 6.12. The molecule has 0 bridgehead atoms. The van der Waals surface area contributed by atoms with Gasteiger partial charge in [0.15, 0.2) is 0 Å². The van der Waals surface area contributed by atoms with Crippen LogP contribution in [0.5, 0.6) is 0 Å². The third-order valence-electron chi connectivity index (χ3n) is 5.36. The minimum absolute atomic E-state index is 0.137. The van der Waals surface area contributed by atoms with Crippen molar-refractivity contribution in [3.8, 4) is 11.1 Å². The zero-order valence-electron chi connectivity index (χ0n) is 16.4. The molecule has 2 aromatic carbocycles. The number of fused-ring (bicyclic) bond motifs is 3. The number of halogens is 1. The summed E-state index contributed by atoms with van der Waals surface area (Å²) in [5.74, 6) is -1.23. The number of carboxylic acid groups (broad SMARTS) is 1. The Morgan fingerprint density at radius 1 is 1.10 bits per heavy atom. The highest BCUT2D eigenvalue weighted by Crippen LogP contribution is 2.40. The number of rotatable bonds is 3. The van der Waals surface area contributed by atoms with E-state index in [9.17, 15) is 14.3 Å². The highest BCUT2D eigenvalue weighted by atomic mass is 19.1. The van der Waals surface area contributed by atoms with Crippen molar-refractivity contribution in [2.75, 3.05) is 5.73 Å². The van der Waals surface area contributed by atoms with Gasteiger partial charge in [0.25, 0.3) is 0 Å². The summed E-state index contributed by atoms with van der Waals surface area (Å²) in [5, 5.41) is 10.7. The van der Waals surface area contributed by atoms with Gasteiger partial charge in [0.1, 0.15) is 11.6 Å². The normalized spacial score (nSPS) is 11.3. The molecule has 2 heterocycles. The third kappa shape index (κ3) is 3.06. The third-order valence-corrected chi connectivity index (χ3v) is 5.36. The van der Waals surface area contributed by atoms with Crippen molar-refractivity contribution in [1.82, 2.24) is 9.97 Å². The van der Waals surface area contributed by atoms with Gasteiger partial charge in [-0.15, -0.1) is 0 Å². The lowest BCUT2D eigenvalue weighted by atomic mass is 9.86. The molecule has 0 radical (unpaired) electrons. The summed E-state index contributed by atoms with van der Waals surface area (Å²) in [6.07, 6.45) is 1.02. The molecule has 0 aliphatic rings. The first-order chi connectivity index (χ1) is 13.8. The van der Waals surface area contributed by atoms with Crippen molar-refractivity contribution < 1.29 is 14.3 Å². The molecule has 0 saturated heterocycles. The van der Waals surface area contributed by atoms with E-state index >= 15 is 0 Å². The molecule has 0 aliphatic heterocycles. The van der Waals surface area contributed by atoms with Gasteiger partial charge in [-0.25, -0.2) is 9.37 Å². The second-order valence-electron chi connectivity index (χ2n) is 7.31. The molecular formula is C23H20FN3O2. The van der Waals surface area contributed by atoms with Gasteiger partial charge in [-0.2, -0.15) is 0 Å². The fraction of sp³-hybridized carbons (Fsp3) is 0.174. The predicted octanol–water partition coefficient (Wildman–Crippen LogP) is 4.72. The average Bonchev–Trinajstić information content (AvgIpc) is 2.67. The van der Waals surface area contributed by atoms with E-state index in [-0.39, 0.29) is 12.2 Å². The number of aryl methyl sites for hydroxylation is 3. The molecule has 0 amide bonds. The number of hydrogen-bond acceptors (Lipinski definition) is 4. The molecule has 0 saturated carbocycles. The number of nitrogens with two attached hydrogens (primary N) is 1. The van der Waals surface area contributed by atoms with Crippen LogP contribution >= 0.6 is 0 Å². The molecule has 6 heteroatoms. The standard InChI is InChI=1S/C23H20FN3O2/c1-11-4-6-14(7-5-11)19-13(3)20-21(12(2)16(19)9-18(28)29)27-23(25)17-8-15(24)10-26-22(17)20/h4-8,10H,9H2,1-3H3,(H2,25,27)(H,28,29). The van der Waals surface area contributed by atoms with Gasteiger partial charge in [0.2, 0.25) is 0 Å². The van der Waals surface area contributed by atoms with E-state index in [1.165, 1.54) is 6.07 Å². The summed E-state index contributed by atoms with van der Waals surface area (Å²) in [7, 11) is 0. The van der Waals surface area contributed by atoms with E-state index < -0.39 is 11.8 Å². The molecule has 29 heavy (non-hydrogen) atoms. The van der Waals surface area contributed by atoms with Gasteiger partial charge in [0.05, 0.1) is 23.7 Å². The fourth-order valence-electron chi connectivity index (χ4n) is 3.97. The van der Waals surface area contributed by atoms with Crippen molar-refractivity contribution in [1.29, 1.82) is 0 Å². The first kappa shape index (κ1) is 18.8. The summed E-state index contributed by atoms with van der Waals surface area (Å²) in [5.41, 5.74) is 12.4. The largest absolute Gasteiger partial charge is 0.481 e. The number of aromatic nitrogens is 2. The second-order valence-corrected chi connectivity index (χ2v) is 7.31. The average molecular weight is 389 g/mol. The van der Waals surface area contributed by atoms with E-state index in [0.29, 0.717) is 22.0 Å². The van der Waals surface area contributed by atoms with Gasteiger partial charge in [0, 0.05) is 10.8 Å². The monoisotopic (exact) mass is 389 g/mol. The predicted molar refractivity (Wildman–Crippen MR) is 112 cm³/mol. The van der Waals surface area contributed by atoms with Gasteiger partial charge in [-0.1, -0.05) is 29.8 Å². The maximum atomic E-state index is 13.8. The van der Waals surface area contributed by atoms with Gasteiger partial charge in [-0.3, -0.25) is 9.78 Å². The number of aliphatic carboxylic acids is 1. The van der Waals surface area contributed by atoms with Crippen LogP contribution in [0.1, 0.15) is 22.3 Å². The molecule has 5 nitrogen and oxygen atoms in total. The Balaban J connectivity index is 2.21. The maximum absolute atomic E-state index is 13.8. The van der Waals surface area contributed by atoms with Crippen LogP contribution in [0.25, 0.3) is 32.9 Å². The van der Waals surface area contributed by atoms with E-state index in [2.05, 4.69) is 9.97 Å². The van der Waals surface area contributed by atoms with Gasteiger partial charge in [-0.05, 0) is 54.7 Å². The van der Waals surface area contributed by atoms with Crippen LogP contribution in [0.15, 0.2) is 36.5 Å². The topological polar surface area (TPSA) is 89.1 Å². The number of nitrogen functional groups attached to an aromatic ring is 1. The van der Waals surface area contributed by atoms with Crippen molar-refractivity contribution in [2.45, 2.75) is 27.2 Å². The van der Waals surface area contributed by atoms with Crippen LogP contribution < -0.4 is 5.73 Å². The number of carboxylic acids is 1. The Labute approximate surface area is 167 Å². The minimum atomic E-state index is -0.922. The smallest absolute Gasteiger partial charge is 0.307 e. The molecular weight excluding hydrogens is 369 g/mol. The van der Waals surface area contributed by atoms with E-state index in [1.54, 1.807) is 0 Å². The summed E-state index contributed by atoms with van der Waals surface area (Å²) in [4.78, 5) is 20.4. The molecule has 0 fully saturated rings. The van der Waals surface area contributed by atoms with Crippen molar-refractivity contribution >= 4 is 33.6 Å². The zero-order chi connectivity index (χ0) is 20.9. The number of pyridine rings is 2. The minimum Gasteiger partial charge on any atom is -0.481 e. The maximum Gasteiger partial charge on any atom is 0.307 e. The number of benzene rings is 2. The molecule has 0 unspecified atom stereocenters. The first-order valence-corrected chi connectivity index (χ1v) is 9.23. The van der Waals surface area contributed by atoms with E-state index in [4.69, 9.17) is 5.73 Å². The van der Waals surface area contributed by atoms with Crippen LogP contribution in [0.2, 0.25) is 0 Å². The molecule has 4 rings (SSSR count). The molecule has 3 N–H and O–H groups in total. The summed E-state index contributed by atoms with van der Waals surface area (Å²) in [6.45, 7) is 5.77. The summed E-state index contributed by atoms with van der Waals surface area (Å²) >= 11 is 0. The first-order valence-electron chi connectivity index (χ1n) is 9.23. The Hall–Kier alpha value is -3.54. The Morgan fingerprint density at radius 2 is 1.79 bits per heavy atom. The number of anilines is 1. The zero-order valence-corrected chi connectivity index (χ0v) is 16.4. The molecule has 4 aromatic rings. The van der Waals surface area contributed by atoms with Gasteiger partial charge >= 0.3 is 5.97 Å². The quantitative estimate of drug-likeness (QED) is 0.495. The van der Waals surface area contributed by atoms with Crippen LogP contribution in [0.4, 0.5) is 10.2 Å². The SMILES string of the molecule is Cc1ccc(-c2c(CC(=O)O)c(C)c3nc(N)c4cc(F)cnc4c3c2C)cc1. The second kappa shape index (κ2) is 6.81. The number of hydrogen-bond donors (Lipinski definition) is 2. The number of nitrogens with zero attached hydrogens (tertiary/aromatic N) is 2. The summed E-state index contributed by atoms with van der Waals surface area (Å²) < 4.78 is 13.8. The van der Waals surface area contributed by atoms with Crippen LogP contribution in [0, 0.1) is 26.6 Å². The molecule has 146 valence electrons. The molecule has 0 atom stereocenters. The van der Waals surface area contributed by atoms with Gasteiger partial charge < -0.3 is 10.8 Å². The lowest BCUT2D eigenvalue weighted by Crippen LogP contribution is -2.08. The van der Waals surface area contributed by atoms with E-state index in [1.807, 2.05) is 45.0 Å². The Kier molecular flexibility index (Phi) is 4.42. The van der Waals surface area contributed by atoms with E-state index in [0.717, 1.165) is 39.4 Å². The molecule has 0 aliphatic carbocycles. The Morgan fingerprint density at radius 3 is 2.45 bits per heavy atom. The van der Waals surface area contributed by atoms with Crippen LogP contribution in [0.3, 0.4) is 0 Å². The van der Waals surface area contributed by atoms with Crippen LogP contribution in [-0.4, -0.2) is 21.0 Å². The fourth-order valence-corrected chi connectivity index (χ4v) is 3.97. The van der Waals surface area contributed by atoms with Crippen molar-refractivity contribution in [2.24, 2.45) is 0 Å². The summed E-state index contributed by atoms with van der Waals surface area (Å²) in [6, 6.07) is 9.27. The lowest BCUT2D eigenvalue weighted by Gasteiger charge is -2.20. The van der Waals surface area contributed by atoms with Crippen molar-refractivity contribution in [3.63, 3.8) is 0 Å². The molecule has 0 spiro atoms. The molecule has 2 aromatic heterocycles. The van der Waals surface area contributed by atoms with Crippen molar-refractivity contribution in [3.05, 3.63) is 64.6 Å². The lowest BCUT2D eigenvalue weighted by molar-refractivity contribution is -0.136. The van der Waals surface area contributed by atoms with Crippen LogP contribution in [-0.2, 0) is 11.2 Å².